The summed E-state index contributed by atoms with van der Waals surface area (Å²) in [7, 11) is 0. The Hall–Kier alpha value is -3.03. The van der Waals surface area contributed by atoms with Crippen LogP contribution in [0.2, 0.25) is 0 Å². The molecule has 3 aromatic rings. The highest BCUT2D eigenvalue weighted by Crippen LogP contribution is 2.15. The summed E-state index contributed by atoms with van der Waals surface area (Å²) >= 11 is 0. The van der Waals surface area contributed by atoms with Gasteiger partial charge in [-0.3, -0.25) is 0 Å². The fraction of sp³-hybridized carbons (Fsp3) is 0.269. The van der Waals surface area contributed by atoms with Gasteiger partial charge in [-0.05, 0) is 16.7 Å². The fourth-order valence-corrected chi connectivity index (χ4v) is 3.21. The summed E-state index contributed by atoms with van der Waals surface area (Å²) in [4.78, 5) is 0. The van der Waals surface area contributed by atoms with Crippen LogP contribution in [0, 0.1) is 0 Å². The number of rotatable bonds is 13. The molecule has 0 amide bonds. The van der Waals surface area contributed by atoms with Gasteiger partial charge < -0.3 is 24.5 Å². The van der Waals surface area contributed by atoms with Gasteiger partial charge in [0.15, 0.2) is 0 Å². The van der Waals surface area contributed by atoms with E-state index in [0.717, 1.165) is 16.7 Å². The normalized spacial score (nSPS) is 14.3. The van der Waals surface area contributed by atoms with Crippen molar-refractivity contribution in [1.29, 1.82) is 0 Å². The van der Waals surface area contributed by atoms with Crippen LogP contribution in [0.5, 0.6) is 0 Å². The Morgan fingerprint density at radius 1 is 0.688 bits per heavy atom. The maximum absolute atomic E-state index is 10.9. The van der Waals surface area contributed by atoms with Gasteiger partial charge in [0.25, 0.3) is 0 Å². The molecule has 0 spiro atoms. The highest BCUT2D eigenvalue weighted by atomic mass is 16.6. The van der Waals surface area contributed by atoms with Gasteiger partial charge in [0.05, 0.1) is 32.6 Å². The summed E-state index contributed by atoms with van der Waals surface area (Å²) in [6.45, 7) is 0.956. The van der Waals surface area contributed by atoms with Crippen molar-refractivity contribution in [3.8, 4) is 0 Å². The summed E-state index contributed by atoms with van der Waals surface area (Å²) in [5.41, 5.74) is 2.92. The van der Waals surface area contributed by atoms with Crippen LogP contribution in [-0.2, 0) is 34.0 Å². The van der Waals surface area contributed by atoms with Crippen molar-refractivity contribution in [2.24, 2.45) is 5.16 Å². The van der Waals surface area contributed by atoms with Crippen LogP contribution in [0.4, 0.5) is 0 Å². The minimum atomic E-state index is -0.999. The van der Waals surface area contributed by atoms with Crippen LogP contribution in [0.25, 0.3) is 0 Å². The van der Waals surface area contributed by atoms with E-state index < -0.39 is 18.3 Å². The van der Waals surface area contributed by atoms with E-state index in [1.165, 1.54) is 6.21 Å². The van der Waals surface area contributed by atoms with Crippen LogP contribution in [0.1, 0.15) is 16.7 Å². The lowest BCUT2D eigenvalue weighted by Gasteiger charge is -2.29. The third kappa shape index (κ3) is 7.90. The van der Waals surface area contributed by atoms with Gasteiger partial charge in [-0.1, -0.05) is 96.2 Å². The molecule has 3 atom stereocenters. The van der Waals surface area contributed by atoms with E-state index in [2.05, 4.69) is 5.16 Å². The molecule has 0 aromatic heterocycles. The van der Waals surface area contributed by atoms with Gasteiger partial charge in [-0.15, -0.1) is 0 Å². The zero-order valence-corrected chi connectivity index (χ0v) is 17.9. The van der Waals surface area contributed by atoms with Gasteiger partial charge in [-0.25, -0.2) is 0 Å². The van der Waals surface area contributed by atoms with Crippen LogP contribution in [0.3, 0.4) is 0 Å². The Bertz CT molecular complexity index is 905. The van der Waals surface area contributed by atoms with Crippen LogP contribution in [-0.4, -0.2) is 41.4 Å². The highest BCUT2D eigenvalue weighted by molar-refractivity contribution is 5.63. The van der Waals surface area contributed by atoms with Crippen molar-refractivity contribution in [2.75, 3.05) is 6.61 Å². The monoisotopic (exact) mass is 435 g/mol. The molecule has 3 rings (SSSR count). The molecule has 6 heteroatoms. The largest absolute Gasteiger partial charge is 0.411 e. The van der Waals surface area contributed by atoms with Crippen LogP contribution < -0.4 is 0 Å². The molecule has 0 saturated carbocycles. The maximum Gasteiger partial charge on any atom is 0.125 e. The summed E-state index contributed by atoms with van der Waals surface area (Å²) in [5.74, 6) is 0. The lowest BCUT2D eigenvalue weighted by molar-refractivity contribution is -0.127. The van der Waals surface area contributed by atoms with Crippen molar-refractivity contribution in [1.82, 2.24) is 0 Å². The Morgan fingerprint density at radius 2 is 1.16 bits per heavy atom. The molecular weight excluding hydrogens is 406 g/mol. The molecule has 168 valence electrons. The number of aliphatic hydroxyl groups is 1. The molecule has 0 heterocycles. The maximum atomic E-state index is 10.9. The first-order valence-electron chi connectivity index (χ1n) is 10.5. The van der Waals surface area contributed by atoms with E-state index in [9.17, 15) is 10.3 Å². The predicted octanol–water partition coefficient (Wildman–Crippen LogP) is 4.19. The van der Waals surface area contributed by atoms with Gasteiger partial charge in [0.2, 0.25) is 0 Å². The van der Waals surface area contributed by atoms with Crippen molar-refractivity contribution in [3.63, 3.8) is 0 Å². The number of nitrogens with zero attached hydrogens (tertiary/aromatic N) is 1. The summed E-state index contributed by atoms with van der Waals surface area (Å²) in [5, 5.41) is 23.2. The van der Waals surface area contributed by atoms with Crippen molar-refractivity contribution in [3.05, 3.63) is 108 Å². The lowest BCUT2D eigenvalue weighted by Crippen LogP contribution is -2.44. The molecule has 0 unspecified atom stereocenters. The molecule has 6 nitrogen and oxygen atoms in total. The summed E-state index contributed by atoms with van der Waals surface area (Å²) < 4.78 is 17.7. The highest BCUT2D eigenvalue weighted by Gasteiger charge is 2.30. The van der Waals surface area contributed by atoms with E-state index in [1.54, 1.807) is 0 Å². The smallest absolute Gasteiger partial charge is 0.125 e. The molecular formula is C26H29NO5. The Balaban J connectivity index is 1.66. The second-order valence-corrected chi connectivity index (χ2v) is 7.36. The number of hydrogen-bond donors (Lipinski definition) is 2. The zero-order valence-electron chi connectivity index (χ0n) is 17.9. The van der Waals surface area contributed by atoms with Crippen molar-refractivity contribution >= 4 is 6.21 Å². The molecule has 0 saturated heterocycles. The van der Waals surface area contributed by atoms with Crippen LogP contribution in [0.15, 0.2) is 96.2 Å². The third-order valence-corrected chi connectivity index (χ3v) is 4.89. The topological polar surface area (TPSA) is 80.5 Å². The zero-order chi connectivity index (χ0) is 22.4. The standard InChI is InChI=1S/C26H29NO5/c28-24(20-30-17-21-10-4-1-5-11-21)26(32-19-23-14-8-3-9-15-23)25(16-27-29)31-18-22-12-6-2-7-13-22/h1-16,24-26,28-29H,17-20H2/b27-16+/t24-,25-,26-/m0/s1. The lowest BCUT2D eigenvalue weighted by atomic mass is 10.1. The molecule has 3 aromatic carbocycles. The van der Waals surface area contributed by atoms with Gasteiger partial charge in [0.1, 0.15) is 18.3 Å². The van der Waals surface area contributed by atoms with E-state index in [4.69, 9.17) is 14.2 Å². The number of aliphatic hydroxyl groups excluding tert-OH is 1. The fourth-order valence-electron chi connectivity index (χ4n) is 3.21. The third-order valence-electron chi connectivity index (χ3n) is 4.89. The number of oxime groups is 1. The van der Waals surface area contributed by atoms with E-state index in [0.29, 0.717) is 6.61 Å². The quantitative estimate of drug-likeness (QED) is 0.239. The summed E-state index contributed by atoms with van der Waals surface area (Å²) in [6, 6.07) is 29.0. The second kappa shape index (κ2) is 13.4. The minimum absolute atomic E-state index is 0.0405. The molecule has 0 aliphatic heterocycles. The van der Waals surface area contributed by atoms with Gasteiger partial charge in [-0.2, -0.15) is 0 Å². The Labute approximate surface area is 188 Å². The minimum Gasteiger partial charge on any atom is -0.411 e. The molecule has 0 bridgehead atoms. The van der Waals surface area contributed by atoms with E-state index >= 15 is 0 Å². The predicted molar refractivity (Wildman–Crippen MR) is 122 cm³/mol. The first-order valence-corrected chi connectivity index (χ1v) is 10.5. The molecule has 0 radical (unpaired) electrons. The van der Waals surface area contributed by atoms with Crippen molar-refractivity contribution in [2.45, 2.75) is 38.1 Å². The summed E-state index contributed by atoms with van der Waals surface area (Å²) in [6.07, 6.45) is -1.34. The molecule has 32 heavy (non-hydrogen) atoms. The number of ether oxygens (including phenoxy) is 3. The molecule has 0 aliphatic carbocycles. The molecule has 0 fully saturated rings. The average Bonchev–Trinajstić information content (AvgIpc) is 2.84. The van der Waals surface area contributed by atoms with Gasteiger partial charge >= 0.3 is 0 Å². The number of benzene rings is 3. The van der Waals surface area contributed by atoms with Crippen molar-refractivity contribution < 1.29 is 24.5 Å². The first kappa shape index (κ1) is 23.6. The molecule has 0 aliphatic rings. The molecule has 2 N–H and O–H groups in total. The van der Waals surface area contributed by atoms with Gasteiger partial charge in [0, 0.05) is 0 Å². The van der Waals surface area contributed by atoms with Crippen LogP contribution >= 0.6 is 0 Å². The Kier molecular flexibility index (Phi) is 9.89. The average molecular weight is 436 g/mol. The van der Waals surface area contributed by atoms with E-state index in [1.807, 2.05) is 91.0 Å². The van der Waals surface area contributed by atoms with E-state index in [-0.39, 0.29) is 19.8 Å². The Morgan fingerprint density at radius 3 is 1.66 bits per heavy atom. The second-order valence-electron chi connectivity index (χ2n) is 7.36. The SMILES string of the molecule is O/N=C/[C@H](OCc1ccccc1)[C@@H](OCc1ccccc1)[C@@H](O)COCc1ccccc1. The first-order chi connectivity index (χ1) is 15.8. The number of hydrogen-bond acceptors (Lipinski definition) is 6.